The minimum atomic E-state index is -0.634. The molecule has 5 heteroatoms. The summed E-state index contributed by atoms with van der Waals surface area (Å²) in [5, 5.41) is 18.8. The number of aromatic nitrogens is 2. The Morgan fingerprint density at radius 2 is 2.11 bits per heavy atom. The lowest BCUT2D eigenvalue weighted by molar-refractivity contribution is 0.180. The molecule has 2 unspecified atom stereocenters. The smallest absolute Gasteiger partial charge is 0.138 e. The van der Waals surface area contributed by atoms with Crippen LogP contribution in [0.25, 0.3) is 11.0 Å². The fraction of sp³-hybridized carbons (Fsp3) is 0.500. The molecule has 1 aromatic heterocycles. The Bertz CT molecular complexity index is 563. The normalized spacial score (nSPS) is 14.7. The van der Waals surface area contributed by atoms with Gasteiger partial charge in [-0.05, 0) is 44.9 Å². The number of anilines is 1. The first kappa shape index (κ1) is 13.8. The third-order valence-corrected chi connectivity index (χ3v) is 3.34. The Kier molecular flexibility index (Phi) is 4.07. The molecule has 0 bridgehead atoms. The van der Waals surface area contributed by atoms with Gasteiger partial charge in [-0.2, -0.15) is 0 Å². The van der Waals surface area contributed by atoms with Crippen LogP contribution in [-0.4, -0.2) is 26.4 Å². The average Bonchev–Trinajstić information content (AvgIpc) is 2.74. The minimum absolute atomic E-state index is 0.172. The molecule has 4 N–H and O–H groups in total. The van der Waals surface area contributed by atoms with Crippen LogP contribution in [0.3, 0.4) is 0 Å². The summed E-state index contributed by atoms with van der Waals surface area (Å²) < 4.78 is 2.04. The molecule has 0 aliphatic carbocycles. The van der Waals surface area contributed by atoms with Crippen LogP contribution in [0.2, 0.25) is 0 Å². The Morgan fingerprint density at radius 3 is 2.74 bits per heavy atom. The summed E-state index contributed by atoms with van der Waals surface area (Å²) in [6.07, 6.45) is 0.936. The number of aliphatic hydroxyl groups is 2. The summed E-state index contributed by atoms with van der Waals surface area (Å²) in [5.41, 5.74) is 8.20. The zero-order chi connectivity index (χ0) is 14.0. The number of nitrogen functional groups attached to an aromatic ring is 1. The van der Waals surface area contributed by atoms with E-state index >= 15 is 0 Å². The van der Waals surface area contributed by atoms with Crippen LogP contribution >= 0.6 is 0 Å². The number of nitrogens with two attached hydrogens (primary N) is 1. The molecule has 1 heterocycles. The monoisotopic (exact) mass is 263 g/mol. The van der Waals surface area contributed by atoms with Crippen molar-refractivity contribution in [3.8, 4) is 0 Å². The van der Waals surface area contributed by atoms with Crippen molar-refractivity contribution >= 4 is 16.7 Å². The summed E-state index contributed by atoms with van der Waals surface area (Å²) in [5.74, 6) is 0.644. The van der Waals surface area contributed by atoms with Crippen LogP contribution in [0.1, 0.15) is 44.7 Å². The van der Waals surface area contributed by atoms with Crippen molar-refractivity contribution in [1.82, 2.24) is 9.55 Å². The van der Waals surface area contributed by atoms with Gasteiger partial charge in [-0.3, -0.25) is 0 Å². The second-order valence-electron chi connectivity index (χ2n) is 4.98. The number of hydrogen-bond acceptors (Lipinski definition) is 4. The van der Waals surface area contributed by atoms with Crippen LogP contribution in [-0.2, 0) is 0 Å². The van der Waals surface area contributed by atoms with Gasteiger partial charge in [-0.25, -0.2) is 4.98 Å². The first-order valence-electron chi connectivity index (χ1n) is 6.61. The molecule has 1 aromatic carbocycles. The predicted molar refractivity (Wildman–Crippen MR) is 75.8 cm³/mol. The van der Waals surface area contributed by atoms with E-state index in [0.717, 1.165) is 23.9 Å². The predicted octanol–water partition coefficient (Wildman–Crippen LogP) is 2.01. The number of nitrogens with zero attached hydrogens (tertiary/aromatic N) is 2. The molecular formula is C14H21N3O2. The largest absolute Gasteiger partial charge is 0.399 e. The molecule has 2 rings (SSSR count). The van der Waals surface area contributed by atoms with Gasteiger partial charge in [0.25, 0.3) is 0 Å². The van der Waals surface area contributed by atoms with E-state index in [1.54, 1.807) is 6.92 Å². The molecule has 0 radical (unpaired) electrons. The van der Waals surface area contributed by atoms with Crippen molar-refractivity contribution < 1.29 is 10.2 Å². The van der Waals surface area contributed by atoms with E-state index in [4.69, 9.17) is 10.8 Å². The van der Waals surface area contributed by atoms with E-state index in [2.05, 4.69) is 11.9 Å². The molecule has 0 aliphatic rings. The maximum Gasteiger partial charge on any atom is 0.138 e. The van der Waals surface area contributed by atoms with Crippen LogP contribution in [0.15, 0.2) is 18.2 Å². The molecule has 19 heavy (non-hydrogen) atoms. The van der Waals surface area contributed by atoms with E-state index in [-0.39, 0.29) is 12.6 Å². The first-order chi connectivity index (χ1) is 9.04. The lowest BCUT2D eigenvalue weighted by atomic mass is 10.1. The summed E-state index contributed by atoms with van der Waals surface area (Å²) >= 11 is 0. The highest BCUT2D eigenvalue weighted by atomic mass is 16.3. The van der Waals surface area contributed by atoms with Crippen molar-refractivity contribution in [2.24, 2.45) is 0 Å². The Labute approximate surface area is 112 Å². The van der Waals surface area contributed by atoms with E-state index in [1.165, 1.54) is 0 Å². The number of hydrogen-bond donors (Lipinski definition) is 3. The highest BCUT2D eigenvalue weighted by molar-refractivity contribution is 5.79. The van der Waals surface area contributed by atoms with E-state index in [9.17, 15) is 5.11 Å². The minimum Gasteiger partial charge on any atom is -0.399 e. The lowest BCUT2D eigenvalue weighted by Gasteiger charge is -2.18. The molecule has 0 fully saturated rings. The van der Waals surface area contributed by atoms with Crippen molar-refractivity contribution in [2.75, 3.05) is 12.3 Å². The average molecular weight is 263 g/mol. The van der Waals surface area contributed by atoms with Gasteiger partial charge in [0.15, 0.2) is 0 Å². The van der Waals surface area contributed by atoms with Crippen LogP contribution in [0.4, 0.5) is 5.69 Å². The zero-order valence-corrected chi connectivity index (χ0v) is 11.4. The summed E-state index contributed by atoms with van der Waals surface area (Å²) in [4.78, 5) is 4.47. The molecule has 0 spiro atoms. The fourth-order valence-corrected chi connectivity index (χ4v) is 2.41. The first-order valence-corrected chi connectivity index (χ1v) is 6.61. The number of rotatable bonds is 5. The summed E-state index contributed by atoms with van der Waals surface area (Å²) in [6.45, 7) is 3.95. The number of aliphatic hydroxyl groups excluding tert-OH is 2. The summed E-state index contributed by atoms with van der Waals surface area (Å²) in [7, 11) is 0. The number of benzene rings is 1. The highest BCUT2D eigenvalue weighted by Crippen LogP contribution is 2.28. The quantitative estimate of drug-likeness (QED) is 0.720. The highest BCUT2D eigenvalue weighted by Gasteiger charge is 2.18. The van der Waals surface area contributed by atoms with Gasteiger partial charge in [0.1, 0.15) is 11.9 Å². The Hall–Kier alpha value is -1.59. The third-order valence-electron chi connectivity index (χ3n) is 3.34. The molecule has 5 nitrogen and oxygen atoms in total. The van der Waals surface area contributed by atoms with E-state index in [1.807, 2.05) is 22.8 Å². The SMILES string of the molecule is CC(O)c1nc2cc(N)ccc2n1C(C)CCCO. The molecule has 2 aromatic rings. The molecule has 0 aliphatic heterocycles. The van der Waals surface area contributed by atoms with E-state index in [0.29, 0.717) is 11.5 Å². The van der Waals surface area contributed by atoms with Gasteiger partial charge in [-0.1, -0.05) is 0 Å². The molecule has 0 amide bonds. The van der Waals surface area contributed by atoms with Crippen LogP contribution < -0.4 is 5.73 Å². The van der Waals surface area contributed by atoms with Gasteiger partial charge in [0.05, 0.1) is 11.0 Å². The lowest BCUT2D eigenvalue weighted by Crippen LogP contribution is -2.12. The van der Waals surface area contributed by atoms with Gasteiger partial charge < -0.3 is 20.5 Å². The number of imidazole rings is 1. The Morgan fingerprint density at radius 1 is 1.37 bits per heavy atom. The molecular weight excluding hydrogens is 242 g/mol. The van der Waals surface area contributed by atoms with Crippen molar-refractivity contribution in [3.63, 3.8) is 0 Å². The zero-order valence-electron chi connectivity index (χ0n) is 11.4. The second kappa shape index (κ2) is 5.59. The molecule has 0 saturated carbocycles. The maximum atomic E-state index is 9.89. The van der Waals surface area contributed by atoms with Gasteiger partial charge in [0.2, 0.25) is 0 Å². The summed E-state index contributed by atoms with van der Waals surface area (Å²) in [6, 6.07) is 5.76. The maximum absolute atomic E-state index is 9.89. The molecule has 104 valence electrons. The topological polar surface area (TPSA) is 84.3 Å². The van der Waals surface area contributed by atoms with Gasteiger partial charge in [0, 0.05) is 18.3 Å². The van der Waals surface area contributed by atoms with Crippen molar-refractivity contribution in [1.29, 1.82) is 0 Å². The van der Waals surface area contributed by atoms with E-state index < -0.39 is 6.10 Å². The van der Waals surface area contributed by atoms with Gasteiger partial charge >= 0.3 is 0 Å². The fourth-order valence-electron chi connectivity index (χ4n) is 2.41. The second-order valence-corrected chi connectivity index (χ2v) is 4.98. The number of fused-ring (bicyclic) bond motifs is 1. The molecule has 2 atom stereocenters. The van der Waals surface area contributed by atoms with Crippen molar-refractivity contribution in [3.05, 3.63) is 24.0 Å². The van der Waals surface area contributed by atoms with Gasteiger partial charge in [-0.15, -0.1) is 0 Å². The van der Waals surface area contributed by atoms with Crippen LogP contribution in [0, 0.1) is 0 Å². The third kappa shape index (κ3) is 2.72. The van der Waals surface area contributed by atoms with Crippen molar-refractivity contribution in [2.45, 2.75) is 38.8 Å². The van der Waals surface area contributed by atoms with Crippen LogP contribution in [0.5, 0.6) is 0 Å². The Balaban J connectivity index is 2.51. The molecule has 0 saturated heterocycles. The standard InChI is InChI=1S/C14H21N3O2/c1-9(4-3-7-18)17-13-6-5-11(15)8-12(13)16-14(17)10(2)19/h5-6,8-10,18-19H,3-4,7,15H2,1-2H3.